The first-order valence-electron chi connectivity index (χ1n) is 13.5. The van der Waals surface area contributed by atoms with Crippen molar-refractivity contribution in [1.29, 1.82) is 0 Å². The van der Waals surface area contributed by atoms with Crippen LogP contribution in [0.2, 0.25) is 0 Å². The minimum absolute atomic E-state index is 0.506. The second-order valence-corrected chi connectivity index (χ2v) is 14.9. The summed E-state index contributed by atoms with van der Waals surface area (Å²) in [5.74, 6) is 1.52. The molecule has 0 aliphatic heterocycles. The van der Waals surface area contributed by atoms with Gasteiger partial charge in [0.25, 0.3) is 0 Å². The Balaban J connectivity index is 2.17. The summed E-state index contributed by atoms with van der Waals surface area (Å²) in [6, 6.07) is 28.8. The van der Waals surface area contributed by atoms with Gasteiger partial charge >= 0.3 is 0 Å². The van der Waals surface area contributed by atoms with Crippen molar-refractivity contribution in [3.8, 4) is 0 Å². The Kier molecular flexibility index (Phi) is 7.67. The van der Waals surface area contributed by atoms with Crippen molar-refractivity contribution in [3.05, 3.63) is 112 Å². The second-order valence-electron chi connectivity index (χ2n) is 11.1. The van der Waals surface area contributed by atoms with Crippen molar-refractivity contribution in [2.24, 2.45) is 0 Å². The summed E-state index contributed by atoms with van der Waals surface area (Å²) in [7, 11) is -2.49. The van der Waals surface area contributed by atoms with Gasteiger partial charge in [0.15, 0.2) is 8.07 Å². The van der Waals surface area contributed by atoms with Crippen LogP contribution >= 0.6 is 0 Å². The maximum absolute atomic E-state index is 2.54. The largest absolute Gasteiger partial charge is 0.176 e. The van der Waals surface area contributed by atoms with Crippen LogP contribution in [0.5, 0.6) is 0 Å². The average molecular weight is 479 g/mol. The van der Waals surface area contributed by atoms with E-state index in [-0.39, 0.29) is 0 Å². The predicted molar refractivity (Wildman–Crippen MR) is 157 cm³/mol. The van der Waals surface area contributed by atoms with Crippen molar-refractivity contribution in [2.75, 3.05) is 0 Å². The van der Waals surface area contributed by atoms with Crippen molar-refractivity contribution in [1.82, 2.24) is 0 Å². The van der Waals surface area contributed by atoms with E-state index in [1.165, 1.54) is 37.8 Å². The highest BCUT2D eigenvalue weighted by atomic mass is 28.3. The van der Waals surface area contributed by atoms with Crippen LogP contribution in [0.3, 0.4) is 0 Å². The van der Waals surface area contributed by atoms with Gasteiger partial charge in [-0.2, -0.15) is 0 Å². The zero-order valence-corrected chi connectivity index (χ0v) is 23.7. The average Bonchev–Trinajstić information content (AvgIpc) is 3.34. The Hall–Kier alpha value is -2.64. The van der Waals surface area contributed by atoms with E-state index in [9.17, 15) is 0 Å². The molecule has 3 aromatic rings. The molecule has 1 aliphatic carbocycles. The van der Waals surface area contributed by atoms with Crippen molar-refractivity contribution in [3.63, 3.8) is 0 Å². The molecule has 1 aliphatic rings. The lowest BCUT2D eigenvalue weighted by molar-refractivity contribution is 0.867. The number of rotatable bonds is 8. The van der Waals surface area contributed by atoms with Gasteiger partial charge in [-0.3, -0.25) is 0 Å². The van der Waals surface area contributed by atoms with E-state index in [4.69, 9.17) is 0 Å². The SMILES string of the molecule is CCC1=C([Si](c2cccc(C(C)C)c2)(c2cccc(C(C)C)c2)c2cccc(C(C)C)c2)CC=C1. The molecule has 0 N–H and O–H groups in total. The fourth-order valence-corrected chi connectivity index (χ4v) is 11.1. The molecule has 0 nitrogen and oxygen atoms in total. The molecule has 4 rings (SSSR count). The van der Waals surface area contributed by atoms with Crippen molar-refractivity contribution >= 4 is 23.6 Å². The molecule has 0 radical (unpaired) electrons. The number of hydrogen-bond acceptors (Lipinski definition) is 0. The van der Waals surface area contributed by atoms with Gasteiger partial charge in [0.05, 0.1) is 0 Å². The normalized spacial score (nSPS) is 14.1. The van der Waals surface area contributed by atoms with E-state index >= 15 is 0 Å². The summed E-state index contributed by atoms with van der Waals surface area (Å²) in [6.07, 6.45) is 6.94. The fraction of sp³-hybridized carbons (Fsp3) is 0.353. The molecule has 0 spiro atoms. The van der Waals surface area contributed by atoms with Crippen LogP contribution in [0, 0.1) is 0 Å². The first kappa shape index (κ1) is 25.4. The van der Waals surface area contributed by atoms with Crippen molar-refractivity contribution in [2.45, 2.75) is 79.1 Å². The monoisotopic (exact) mass is 478 g/mol. The molecular formula is C34H42Si. The summed E-state index contributed by atoms with van der Waals surface area (Å²) >= 11 is 0. The molecule has 0 heterocycles. The number of allylic oxidation sites excluding steroid dienone is 4. The van der Waals surface area contributed by atoms with Gasteiger partial charge < -0.3 is 0 Å². The zero-order chi connectivity index (χ0) is 25.2. The minimum atomic E-state index is -2.49. The van der Waals surface area contributed by atoms with E-state index in [0.29, 0.717) is 17.8 Å². The van der Waals surface area contributed by atoms with Gasteiger partial charge in [-0.15, -0.1) is 0 Å². The Morgan fingerprint density at radius 2 is 1.03 bits per heavy atom. The highest BCUT2D eigenvalue weighted by molar-refractivity contribution is 7.16. The topological polar surface area (TPSA) is 0 Å². The van der Waals surface area contributed by atoms with Crippen LogP contribution in [0.15, 0.2) is 95.7 Å². The summed E-state index contributed by atoms with van der Waals surface area (Å²) in [6.45, 7) is 16.2. The van der Waals surface area contributed by atoms with Crippen molar-refractivity contribution < 1.29 is 0 Å². The molecule has 0 amide bonds. The Bertz CT molecular complexity index is 1110. The van der Waals surface area contributed by atoms with Crippen LogP contribution in [0.1, 0.15) is 95.8 Å². The minimum Gasteiger partial charge on any atom is -0.0805 e. The van der Waals surface area contributed by atoms with Gasteiger partial charge in [0, 0.05) is 0 Å². The number of hydrogen-bond donors (Lipinski definition) is 0. The lowest BCUT2D eigenvalue weighted by atomic mass is 10.0. The van der Waals surface area contributed by atoms with E-state index in [1.54, 1.807) is 5.20 Å². The molecule has 3 aromatic carbocycles. The first-order valence-corrected chi connectivity index (χ1v) is 15.5. The summed E-state index contributed by atoms with van der Waals surface area (Å²) < 4.78 is 0. The molecule has 0 atom stereocenters. The van der Waals surface area contributed by atoms with E-state index < -0.39 is 8.07 Å². The molecule has 0 bridgehead atoms. The maximum Gasteiger partial charge on any atom is 0.176 e. The van der Waals surface area contributed by atoms with E-state index in [1.807, 2.05) is 0 Å². The van der Waals surface area contributed by atoms with E-state index in [0.717, 1.165) is 12.8 Å². The summed E-state index contributed by atoms with van der Waals surface area (Å²) in [5, 5.41) is 6.24. The lowest BCUT2D eigenvalue weighted by Gasteiger charge is -2.37. The molecule has 0 fully saturated rings. The molecule has 0 saturated carbocycles. The molecule has 35 heavy (non-hydrogen) atoms. The lowest BCUT2D eigenvalue weighted by Crippen LogP contribution is -2.69. The standard InChI is InChI=1S/C34H42Si/c1-8-27-13-12-20-34(27)35(31-17-9-14-28(21-31)24(2)3,32-18-10-15-29(22-32)25(4)5)33-19-11-16-30(23-33)26(6)7/h9-19,21-26H,8,20H2,1-7H3. The maximum atomic E-state index is 2.54. The Labute approximate surface area is 214 Å². The van der Waals surface area contributed by atoms with Crippen LogP contribution in [0.25, 0.3) is 0 Å². The molecule has 0 saturated heterocycles. The first-order chi connectivity index (χ1) is 16.8. The molecule has 1 heteroatoms. The Morgan fingerprint density at radius 1 is 0.629 bits per heavy atom. The highest BCUT2D eigenvalue weighted by Crippen LogP contribution is 2.32. The third-order valence-electron chi connectivity index (χ3n) is 7.82. The van der Waals surface area contributed by atoms with Gasteiger partial charge in [0.2, 0.25) is 0 Å². The third-order valence-corrected chi connectivity index (χ3v) is 12.8. The third kappa shape index (κ3) is 4.76. The molecule has 182 valence electrons. The summed E-state index contributed by atoms with van der Waals surface area (Å²) in [5.41, 5.74) is 5.84. The zero-order valence-electron chi connectivity index (χ0n) is 22.7. The number of benzene rings is 3. The quantitative estimate of drug-likeness (QED) is 0.229. The second kappa shape index (κ2) is 10.5. The summed E-state index contributed by atoms with van der Waals surface area (Å²) in [4.78, 5) is 0. The van der Waals surface area contributed by atoms with E-state index in [2.05, 4.69) is 133 Å². The van der Waals surface area contributed by atoms with Crippen LogP contribution < -0.4 is 15.6 Å². The van der Waals surface area contributed by atoms with Crippen LogP contribution in [-0.2, 0) is 0 Å². The van der Waals surface area contributed by atoms with Crippen LogP contribution in [-0.4, -0.2) is 8.07 Å². The fourth-order valence-electron chi connectivity index (χ4n) is 5.69. The van der Waals surface area contributed by atoms with Gasteiger partial charge in [0.1, 0.15) is 0 Å². The highest BCUT2D eigenvalue weighted by Gasteiger charge is 2.44. The Morgan fingerprint density at radius 3 is 1.37 bits per heavy atom. The van der Waals surface area contributed by atoms with Gasteiger partial charge in [-0.1, -0.05) is 144 Å². The molecular weight excluding hydrogens is 436 g/mol. The van der Waals surface area contributed by atoms with Crippen LogP contribution in [0.4, 0.5) is 0 Å². The van der Waals surface area contributed by atoms with Gasteiger partial charge in [-0.05, 0) is 62.8 Å². The predicted octanol–water partition coefficient (Wildman–Crippen LogP) is 7.73. The molecule has 0 unspecified atom stereocenters. The molecule has 0 aromatic heterocycles. The van der Waals surface area contributed by atoms with Gasteiger partial charge in [-0.25, -0.2) is 0 Å². The smallest absolute Gasteiger partial charge is 0.0805 e.